The molecule has 7 nitrogen and oxygen atoms in total. The number of hydrogen-bond donors (Lipinski definition) is 3. The Morgan fingerprint density at radius 3 is 1.88 bits per heavy atom. The summed E-state index contributed by atoms with van der Waals surface area (Å²) in [6.45, 7) is 5.95. The molecule has 49 heavy (non-hydrogen) atoms. The molecule has 7 heteroatoms. The van der Waals surface area contributed by atoms with Crippen LogP contribution in [-0.4, -0.2) is 37.7 Å². The Morgan fingerprint density at radius 1 is 0.735 bits per heavy atom. The highest BCUT2D eigenvalue weighted by Gasteiger charge is 2.35. The maximum absolute atomic E-state index is 13.8. The molecule has 0 aliphatic carbocycles. The maximum atomic E-state index is 13.8. The lowest BCUT2D eigenvalue weighted by molar-refractivity contribution is -0.123. The highest BCUT2D eigenvalue weighted by atomic mass is 16.5. The van der Waals surface area contributed by atoms with Crippen molar-refractivity contribution in [2.75, 3.05) is 19.6 Å². The molecule has 0 aliphatic heterocycles. The molecular weight excluding hydrogens is 608 g/mol. The summed E-state index contributed by atoms with van der Waals surface area (Å²) >= 11 is 0. The molecule has 2 amide bonds. The van der Waals surface area contributed by atoms with Crippen LogP contribution in [0.3, 0.4) is 0 Å². The molecule has 3 N–H and O–H groups in total. The number of hydrogen-bond acceptors (Lipinski definition) is 5. The van der Waals surface area contributed by atoms with Gasteiger partial charge in [0.15, 0.2) is 0 Å². The molecule has 0 heterocycles. The van der Waals surface area contributed by atoms with E-state index in [1.165, 1.54) is 0 Å². The van der Waals surface area contributed by atoms with Crippen LogP contribution in [0.15, 0.2) is 121 Å². The summed E-state index contributed by atoms with van der Waals surface area (Å²) in [6.07, 6.45) is 3.04. The van der Waals surface area contributed by atoms with Crippen molar-refractivity contribution in [2.45, 2.75) is 69.9 Å². The molecule has 1 unspecified atom stereocenters. The Labute approximate surface area is 292 Å². The predicted molar refractivity (Wildman–Crippen MR) is 196 cm³/mol. The number of unbranched alkanes of at least 4 members (excludes halogenated alkanes) is 1. The topological polar surface area (TPSA) is 103 Å². The molecule has 0 spiro atoms. The fraction of sp³-hybridized carbons (Fsp3) is 0.357. The molecular formula is C42H50N4O3. The Kier molecular flexibility index (Phi) is 14.9. The van der Waals surface area contributed by atoms with E-state index in [0.29, 0.717) is 38.9 Å². The number of amides is 2. The number of rotatable bonds is 19. The zero-order valence-corrected chi connectivity index (χ0v) is 28.8. The van der Waals surface area contributed by atoms with E-state index in [0.717, 1.165) is 35.1 Å². The van der Waals surface area contributed by atoms with Crippen molar-refractivity contribution in [3.05, 3.63) is 144 Å². The predicted octanol–water partition coefficient (Wildman–Crippen LogP) is 7.89. The van der Waals surface area contributed by atoms with E-state index < -0.39 is 17.6 Å². The van der Waals surface area contributed by atoms with Crippen LogP contribution in [0, 0.1) is 17.2 Å². The van der Waals surface area contributed by atoms with Crippen molar-refractivity contribution in [1.29, 1.82) is 5.26 Å². The fourth-order valence-electron chi connectivity index (χ4n) is 6.28. The van der Waals surface area contributed by atoms with Gasteiger partial charge in [0.25, 0.3) is 0 Å². The van der Waals surface area contributed by atoms with Crippen LogP contribution in [0.5, 0.6) is 0 Å². The molecule has 256 valence electrons. The first kappa shape index (κ1) is 36.9. The van der Waals surface area contributed by atoms with Gasteiger partial charge in [0, 0.05) is 19.0 Å². The number of nitrogens with one attached hydrogen (secondary N) is 3. The zero-order valence-electron chi connectivity index (χ0n) is 28.8. The minimum atomic E-state index is -0.597. The standard InChI is InChI=1S/C42H50N4O3/c1-33(2)42(32-43,37-24-13-6-14-25-37)27-17-29-44-39(26-15-16-28-45-41(48)49-31-34-18-7-3-8-19-34)40(47)46-30-38(35-20-9-4-10-21-35)36-22-11-5-12-23-36/h3-14,18-25,33,38-39,44H,15-17,26-31H2,1-2H3,(H,45,48)(H,46,47)/t39-,42?/m0/s1. The van der Waals surface area contributed by atoms with Gasteiger partial charge in [-0.2, -0.15) is 5.26 Å². The smallest absolute Gasteiger partial charge is 0.407 e. The second kappa shape index (κ2) is 19.8. The third-order valence-corrected chi connectivity index (χ3v) is 9.22. The summed E-state index contributed by atoms with van der Waals surface area (Å²) in [7, 11) is 0. The van der Waals surface area contributed by atoms with E-state index in [4.69, 9.17) is 4.74 Å². The molecule has 0 saturated heterocycles. The Balaban J connectivity index is 1.35. The summed E-state index contributed by atoms with van der Waals surface area (Å²) in [5.74, 6) is 0.107. The van der Waals surface area contributed by atoms with Gasteiger partial charge < -0.3 is 20.7 Å². The lowest BCUT2D eigenvalue weighted by Gasteiger charge is -2.31. The largest absolute Gasteiger partial charge is 0.445 e. The number of carbonyl (C=O) groups excluding carboxylic acids is 2. The molecule has 0 aromatic heterocycles. The Hall–Kier alpha value is -4.93. The van der Waals surface area contributed by atoms with E-state index >= 15 is 0 Å². The normalized spacial score (nSPS) is 12.9. The van der Waals surface area contributed by atoms with Gasteiger partial charge in [-0.25, -0.2) is 4.79 Å². The van der Waals surface area contributed by atoms with Crippen molar-refractivity contribution in [1.82, 2.24) is 16.0 Å². The second-order valence-corrected chi connectivity index (χ2v) is 12.8. The molecule has 2 atom stereocenters. The number of alkyl carbamates (subject to hydrolysis) is 1. The summed E-state index contributed by atoms with van der Waals surface area (Å²) < 4.78 is 5.32. The minimum absolute atomic E-state index is 0.0197. The van der Waals surface area contributed by atoms with Gasteiger partial charge in [0.05, 0.1) is 17.5 Å². The average Bonchev–Trinajstić information content (AvgIpc) is 3.14. The van der Waals surface area contributed by atoms with Crippen LogP contribution >= 0.6 is 0 Å². The van der Waals surface area contributed by atoms with Gasteiger partial charge in [-0.15, -0.1) is 0 Å². The fourth-order valence-corrected chi connectivity index (χ4v) is 6.28. The third-order valence-electron chi connectivity index (χ3n) is 9.22. The minimum Gasteiger partial charge on any atom is -0.445 e. The first-order valence-electron chi connectivity index (χ1n) is 17.4. The van der Waals surface area contributed by atoms with Crippen molar-refractivity contribution in [3.63, 3.8) is 0 Å². The van der Waals surface area contributed by atoms with Gasteiger partial charge in [-0.05, 0) is 66.8 Å². The molecule has 4 aromatic carbocycles. The van der Waals surface area contributed by atoms with E-state index in [2.05, 4.69) is 60.1 Å². The van der Waals surface area contributed by atoms with Crippen LogP contribution in [0.25, 0.3) is 0 Å². The van der Waals surface area contributed by atoms with Crippen LogP contribution < -0.4 is 16.0 Å². The highest BCUT2D eigenvalue weighted by molar-refractivity contribution is 5.81. The van der Waals surface area contributed by atoms with E-state index in [1.807, 2.05) is 97.1 Å². The van der Waals surface area contributed by atoms with Gasteiger partial charge in [-0.3, -0.25) is 4.79 Å². The Bertz CT molecular complexity index is 1540. The van der Waals surface area contributed by atoms with Crippen LogP contribution in [-0.2, 0) is 21.6 Å². The first-order chi connectivity index (χ1) is 23.9. The van der Waals surface area contributed by atoms with E-state index in [9.17, 15) is 14.9 Å². The molecule has 0 fully saturated rings. The molecule has 0 bridgehead atoms. The van der Waals surface area contributed by atoms with Crippen LogP contribution in [0.2, 0.25) is 0 Å². The van der Waals surface area contributed by atoms with Gasteiger partial charge in [0.1, 0.15) is 6.61 Å². The van der Waals surface area contributed by atoms with E-state index in [1.54, 1.807) is 0 Å². The molecule has 4 aromatic rings. The Morgan fingerprint density at radius 2 is 1.31 bits per heavy atom. The molecule has 4 rings (SSSR count). The van der Waals surface area contributed by atoms with Crippen LogP contribution in [0.4, 0.5) is 4.79 Å². The summed E-state index contributed by atoms with van der Waals surface area (Å²) in [4.78, 5) is 26.0. The number of nitriles is 1. The number of carbonyl (C=O) groups is 2. The van der Waals surface area contributed by atoms with Crippen molar-refractivity contribution >= 4 is 12.0 Å². The van der Waals surface area contributed by atoms with Crippen molar-refractivity contribution < 1.29 is 14.3 Å². The molecule has 0 radical (unpaired) electrons. The maximum Gasteiger partial charge on any atom is 0.407 e. The van der Waals surface area contributed by atoms with E-state index in [-0.39, 0.29) is 24.3 Å². The lowest BCUT2D eigenvalue weighted by atomic mass is 9.70. The number of ether oxygens (including phenoxy) is 1. The lowest BCUT2D eigenvalue weighted by Crippen LogP contribution is -2.46. The average molecular weight is 659 g/mol. The first-order valence-corrected chi connectivity index (χ1v) is 17.4. The number of benzene rings is 4. The third kappa shape index (κ3) is 11.3. The summed E-state index contributed by atoms with van der Waals surface area (Å²) in [5.41, 5.74) is 3.66. The monoisotopic (exact) mass is 658 g/mol. The van der Waals surface area contributed by atoms with Crippen LogP contribution in [0.1, 0.15) is 74.1 Å². The van der Waals surface area contributed by atoms with Crippen molar-refractivity contribution in [3.8, 4) is 6.07 Å². The quantitative estimate of drug-likeness (QED) is 0.0890. The summed E-state index contributed by atoms with van der Waals surface area (Å²) in [5, 5.41) is 19.9. The zero-order chi connectivity index (χ0) is 34.7. The summed E-state index contributed by atoms with van der Waals surface area (Å²) in [6, 6.07) is 42.3. The molecule has 0 saturated carbocycles. The highest BCUT2D eigenvalue weighted by Crippen LogP contribution is 2.36. The molecule has 0 aliphatic rings. The van der Waals surface area contributed by atoms with Gasteiger partial charge in [0.2, 0.25) is 5.91 Å². The van der Waals surface area contributed by atoms with Crippen molar-refractivity contribution in [2.24, 2.45) is 5.92 Å². The van der Waals surface area contributed by atoms with Gasteiger partial charge in [-0.1, -0.05) is 135 Å². The van der Waals surface area contributed by atoms with Gasteiger partial charge >= 0.3 is 6.09 Å². The SMILES string of the molecule is CC(C)C(C#N)(CCCN[C@@H](CCCCNC(=O)OCc1ccccc1)C(=O)NCC(c1ccccc1)c1ccccc1)c1ccccc1. The number of nitrogens with zero attached hydrogens (tertiary/aromatic N) is 1. The second-order valence-electron chi connectivity index (χ2n) is 12.8.